The van der Waals surface area contributed by atoms with E-state index in [1.54, 1.807) is 7.11 Å². The minimum Gasteiger partial charge on any atom is -0.383 e. The van der Waals surface area contributed by atoms with Gasteiger partial charge in [0.25, 0.3) is 0 Å². The molecule has 0 aromatic carbocycles. The Morgan fingerprint density at radius 1 is 1.20 bits per heavy atom. The van der Waals surface area contributed by atoms with Crippen molar-refractivity contribution >= 4 is 0 Å². The van der Waals surface area contributed by atoms with Crippen molar-refractivity contribution in [1.29, 1.82) is 0 Å². The van der Waals surface area contributed by atoms with E-state index in [1.807, 2.05) is 0 Å². The molecule has 0 aliphatic rings. The average molecular weight is 216 g/mol. The molecule has 0 rings (SSSR count). The van der Waals surface area contributed by atoms with Crippen LogP contribution in [0.3, 0.4) is 0 Å². The molecule has 3 heteroatoms. The summed E-state index contributed by atoms with van der Waals surface area (Å²) in [5.74, 6) is 0.842. The molecule has 3 nitrogen and oxygen atoms in total. The number of hydrogen-bond donors (Lipinski definition) is 1. The Morgan fingerprint density at radius 3 is 2.40 bits per heavy atom. The van der Waals surface area contributed by atoms with Gasteiger partial charge in [-0.2, -0.15) is 0 Å². The molecule has 0 spiro atoms. The molecular formula is C12H28N2O. The number of ether oxygens (including phenoxy) is 1. The van der Waals surface area contributed by atoms with Crippen LogP contribution in [0.15, 0.2) is 0 Å². The highest BCUT2D eigenvalue weighted by Crippen LogP contribution is 2.04. The van der Waals surface area contributed by atoms with E-state index >= 15 is 0 Å². The monoisotopic (exact) mass is 216 g/mol. The van der Waals surface area contributed by atoms with Crippen molar-refractivity contribution in [2.24, 2.45) is 5.92 Å². The highest BCUT2D eigenvalue weighted by Gasteiger charge is 2.02. The third kappa shape index (κ3) is 8.85. The number of nitrogens with one attached hydrogen (secondary N) is 1. The Balaban J connectivity index is 3.29. The molecule has 0 heterocycles. The summed E-state index contributed by atoms with van der Waals surface area (Å²) >= 11 is 0. The Bertz CT molecular complexity index is 127. The standard InChI is InChI=1S/C12H28N2O/c1-5-12(6-2)11-13-7-8-14(3)9-10-15-4/h12-13H,5-11H2,1-4H3. The lowest BCUT2D eigenvalue weighted by molar-refractivity contribution is 0.161. The van der Waals surface area contributed by atoms with Crippen molar-refractivity contribution in [2.45, 2.75) is 26.7 Å². The molecule has 0 bridgehead atoms. The second-order valence-corrected chi connectivity index (χ2v) is 4.18. The highest BCUT2D eigenvalue weighted by atomic mass is 16.5. The molecule has 92 valence electrons. The lowest BCUT2D eigenvalue weighted by Gasteiger charge is -2.18. The van der Waals surface area contributed by atoms with Gasteiger partial charge >= 0.3 is 0 Å². The summed E-state index contributed by atoms with van der Waals surface area (Å²) in [5.41, 5.74) is 0. The maximum atomic E-state index is 5.03. The molecule has 0 aromatic heterocycles. The maximum absolute atomic E-state index is 5.03. The van der Waals surface area contributed by atoms with E-state index in [1.165, 1.54) is 12.8 Å². The van der Waals surface area contributed by atoms with Gasteiger partial charge in [-0.15, -0.1) is 0 Å². The van der Waals surface area contributed by atoms with Gasteiger partial charge in [0, 0.05) is 26.7 Å². The van der Waals surface area contributed by atoms with Crippen LogP contribution in [0.1, 0.15) is 26.7 Å². The van der Waals surface area contributed by atoms with E-state index in [2.05, 4.69) is 31.1 Å². The lowest BCUT2D eigenvalue weighted by Crippen LogP contribution is -2.33. The molecule has 1 N–H and O–H groups in total. The van der Waals surface area contributed by atoms with Gasteiger partial charge in [0.2, 0.25) is 0 Å². The summed E-state index contributed by atoms with van der Waals surface area (Å²) in [4.78, 5) is 2.30. The third-order valence-electron chi connectivity index (χ3n) is 2.94. The van der Waals surface area contributed by atoms with Crippen molar-refractivity contribution in [3.05, 3.63) is 0 Å². The van der Waals surface area contributed by atoms with E-state index < -0.39 is 0 Å². The molecule has 0 aliphatic carbocycles. The van der Waals surface area contributed by atoms with Crippen molar-refractivity contribution in [1.82, 2.24) is 10.2 Å². The van der Waals surface area contributed by atoms with Crippen LogP contribution in [0.25, 0.3) is 0 Å². The van der Waals surface area contributed by atoms with E-state index in [9.17, 15) is 0 Å². The fourth-order valence-electron chi connectivity index (χ4n) is 1.51. The topological polar surface area (TPSA) is 24.5 Å². The lowest BCUT2D eigenvalue weighted by atomic mass is 10.0. The largest absolute Gasteiger partial charge is 0.383 e. The third-order valence-corrected chi connectivity index (χ3v) is 2.94. The summed E-state index contributed by atoms with van der Waals surface area (Å²) in [6.07, 6.45) is 2.56. The number of likely N-dealkylation sites (N-methyl/N-ethyl adjacent to an activating group) is 1. The number of nitrogens with zero attached hydrogens (tertiary/aromatic N) is 1. The smallest absolute Gasteiger partial charge is 0.0589 e. The van der Waals surface area contributed by atoms with Gasteiger partial charge in [-0.3, -0.25) is 0 Å². The van der Waals surface area contributed by atoms with Crippen LogP contribution >= 0.6 is 0 Å². The average Bonchev–Trinajstić information content (AvgIpc) is 2.26. The predicted molar refractivity (Wildman–Crippen MR) is 66.3 cm³/mol. The van der Waals surface area contributed by atoms with E-state index in [4.69, 9.17) is 4.74 Å². The van der Waals surface area contributed by atoms with Crippen LogP contribution in [-0.2, 0) is 4.74 Å². The van der Waals surface area contributed by atoms with E-state index in [0.717, 1.165) is 38.7 Å². The van der Waals surface area contributed by atoms with Gasteiger partial charge in [-0.1, -0.05) is 26.7 Å². The molecule has 0 saturated carbocycles. The molecule has 0 atom stereocenters. The number of rotatable bonds is 10. The molecule has 15 heavy (non-hydrogen) atoms. The highest BCUT2D eigenvalue weighted by molar-refractivity contribution is 4.60. The Morgan fingerprint density at radius 2 is 1.87 bits per heavy atom. The number of hydrogen-bond acceptors (Lipinski definition) is 3. The van der Waals surface area contributed by atoms with Crippen molar-refractivity contribution < 1.29 is 4.74 Å². The van der Waals surface area contributed by atoms with Crippen molar-refractivity contribution in [3.63, 3.8) is 0 Å². The van der Waals surface area contributed by atoms with Gasteiger partial charge in [-0.25, -0.2) is 0 Å². The zero-order chi connectivity index (χ0) is 11.5. The van der Waals surface area contributed by atoms with Crippen molar-refractivity contribution in [2.75, 3.05) is 46.9 Å². The first kappa shape index (κ1) is 14.9. The van der Waals surface area contributed by atoms with Gasteiger partial charge in [0.15, 0.2) is 0 Å². The SMILES string of the molecule is CCC(CC)CNCCN(C)CCOC. The second kappa shape index (κ2) is 10.4. The molecule has 0 aliphatic heterocycles. The van der Waals surface area contributed by atoms with Crippen LogP contribution in [0.5, 0.6) is 0 Å². The van der Waals surface area contributed by atoms with Gasteiger partial charge in [0.1, 0.15) is 0 Å². The van der Waals surface area contributed by atoms with Gasteiger partial charge in [-0.05, 0) is 19.5 Å². The normalized spacial score (nSPS) is 11.6. The first-order valence-electron chi connectivity index (χ1n) is 6.12. The molecule has 0 unspecified atom stereocenters. The van der Waals surface area contributed by atoms with Crippen LogP contribution in [0.4, 0.5) is 0 Å². The quantitative estimate of drug-likeness (QED) is 0.561. The summed E-state index contributed by atoms with van der Waals surface area (Å²) in [5, 5.41) is 3.51. The molecule has 0 radical (unpaired) electrons. The molecule has 0 fully saturated rings. The van der Waals surface area contributed by atoms with Gasteiger partial charge < -0.3 is 15.0 Å². The van der Waals surface area contributed by atoms with Crippen LogP contribution in [0, 0.1) is 5.92 Å². The van der Waals surface area contributed by atoms with E-state index in [0.29, 0.717) is 0 Å². The maximum Gasteiger partial charge on any atom is 0.0589 e. The minimum absolute atomic E-state index is 0.822. The molecule has 0 saturated heterocycles. The van der Waals surface area contributed by atoms with Crippen molar-refractivity contribution in [3.8, 4) is 0 Å². The fraction of sp³-hybridized carbons (Fsp3) is 1.00. The van der Waals surface area contributed by atoms with E-state index in [-0.39, 0.29) is 0 Å². The zero-order valence-corrected chi connectivity index (χ0v) is 10.9. The number of methoxy groups -OCH3 is 1. The summed E-state index contributed by atoms with van der Waals surface area (Å²) in [6, 6.07) is 0. The first-order chi connectivity index (χ1) is 7.24. The van der Waals surface area contributed by atoms with Gasteiger partial charge in [0.05, 0.1) is 6.61 Å². The summed E-state index contributed by atoms with van der Waals surface area (Å²) in [7, 11) is 3.89. The van der Waals surface area contributed by atoms with Crippen LogP contribution < -0.4 is 5.32 Å². The van der Waals surface area contributed by atoms with Crippen LogP contribution in [-0.4, -0.2) is 51.8 Å². The van der Waals surface area contributed by atoms with Crippen LogP contribution in [0.2, 0.25) is 0 Å². The molecule has 0 aromatic rings. The first-order valence-corrected chi connectivity index (χ1v) is 6.12. The Kier molecular flexibility index (Phi) is 10.3. The summed E-state index contributed by atoms with van der Waals surface area (Å²) in [6.45, 7) is 9.71. The Hall–Kier alpha value is -0.120. The second-order valence-electron chi connectivity index (χ2n) is 4.18. The molecular weight excluding hydrogens is 188 g/mol. The fourth-order valence-corrected chi connectivity index (χ4v) is 1.51. The zero-order valence-electron chi connectivity index (χ0n) is 10.9. The minimum atomic E-state index is 0.822. The Labute approximate surface area is 95.2 Å². The summed E-state index contributed by atoms with van der Waals surface area (Å²) < 4.78 is 5.03. The predicted octanol–water partition coefficient (Wildman–Crippen LogP) is 1.59. The molecule has 0 amide bonds.